The number of carbonyl (C=O) groups excluding carboxylic acids is 1. The molecule has 1 fully saturated rings. The van der Waals surface area contributed by atoms with Crippen LogP contribution in [0.4, 0.5) is 5.69 Å². The minimum absolute atomic E-state index is 0.163. The second-order valence-corrected chi connectivity index (χ2v) is 4.95. The van der Waals surface area contributed by atoms with E-state index < -0.39 is 28.9 Å². The number of nitrogens with zero attached hydrogens (tertiary/aromatic N) is 2. The van der Waals surface area contributed by atoms with Crippen LogP contribution < -0.4 is 0 Å². The Morgan fingerprint density at radius 3 is 2.91 bits per heavy atom. The first-order chi connectivity index (χ1) is 11.0. The van der Waals surface area contributed by atoms with Gasteiger partial charge in [0.2, 0.25) is 5.91 Å². The molecule has 0 spiro atoms. The van der Waals surface area contributed by atoms with Crippen molar-refractivity contribution in [1.29, 1.82) is 0 Å². The Kier molecular flexibility index (Phi) is 5.24. The smallest absolute Gasteiger partial charge is 0.335 e. The summed E-state index contributed by atoms with van der Waals surface area (Å²) in [6.45, 7) is 0.0193. The molecule has 2 atom stereocenters. The first-order valence-corrected chi connectivity index (χ1v) is 6.83. The van der Waals surface area contributed by atoms with Crippen LogP contribution in [0.15, 0.2) is 24.3 Å². The first kappa shape index (κ1) is 16.8. The van der Waals surface area contributed by atoms with Crippen molar-refractivity contribution in [2.75, 3.05) is 26.9 Å². The standard InChI is InChI=1S/C14H16N2O7/c1-22-6-5-15-11(17)8-23-13(14(18)19)12(15)9-3-2-4-10(7-9)16(20)21/h2-4,7,12-13H,5-6,8H2,1H3,(H,18,19)/t12-,13+/m1/s1. The van der Waals surface area contributed by atoms with Gasteiger partial charge in [0.15, 0.2) is 6.10 Å². The molecule has 1 heterocycles. The van der Waals surface area contributed by atoms with E-state index in [1.807, 2.05) is 0 Å². The molecule has 1 amide bonds. The number of non-ortho nitro benzene ring substituents is 1. The lowest BCUT2D eigenvalue weighted by Crippen LogP contribution is -2.52. The lowest BCUT2D eigenvalue weighted by molar-refractivity contribution is -0.385. The SMILES string of the molecule is COCCN1C(=O)CO[C@H](C(=O)O)[C@H]1c1cccc([N+](=O)[O-])c1. The molecule has 0 unspecified atom stereocenters. The number of methoxy groups -OCH3 is 1. The van der Waals surface area contributed by atoms with Crippen LogP contribution in [0.25, 0.3) is 0 Å². The Labute approximate surface area is 131 Å². The van der Waals surface area contributed by atoms with Crippen LogP contribution >= 0.6 is 0 Å². The van der Waals surface area contributed by atoms with E-state index in [-0.39, 0.29) is 25.4 Å². The van der Waals surface area contributed by atoms with Crippen molar-refractivity contribution in [2.45, 2.75) is 12.1 Å². The maximum absolute atomic E-state index is 12.1. The number of carboxylic acid groups (broad SMARTS) is 1. The largest absolute Gasteiger partial charge is 0.479 e. The summed E-state index contributed by atoms with van der Waals surface area (Å²) in [5, 5.41) is 20.3. The molecular formula is C14H16N2O7. The molecule has 0 saturated carbocycles. The van der Waals surface area contributed by atoms with Crippen molar-refractivity contribution < 1.29 is 29.1 Å². The van der Waals surface area contributed by atoms with Crippen LogP contribution in [0.2, 0.25) is 0 Å². The van der Waals surface area contributed by atoms with E-state index in [1.54, 1.807) is 0 Å². The maximum Gasteiger partial charge on any atom is 0.335 e. The van der Waals surface area contributed by atoms with E-state index in [0.29, 0.717) is 5.56 Å². The summed E-state index contributed by atoms with van der Waals surface area (Å²) in [6, 6.07) is 4.57. The Hall–Kier alpha value is -2.52. The number of aliphatic carboxylic acids is 1. The molecule has 0 aromatic heterocycles. The molecule has 124 valence electrons. The monoisotopic (exact) mass is 324 g/mol. The van der Waals surface area contributed by atoms with Crippen molar-refractivity contribution in [3.8, 4) is 0 Å². The molecule has 9 nitrogen and oxygen atoms in total. The van der Waals surface area contributed by atoms with E-state index in [9.17, 15) is 24.8 Å². The van der Waals surface area contributed by atoms with Crippen LogP contribution in [-0.4, -0.2) is 59.8 Å². The molecule has 9 heteroatoms. The maximum atomic E-state index is 12.1. The summed E-state index contributed by atoms with van der Waals surface area (Å²) in [6.07, 6.45) is -1.30. The highest BCUT2D eigenvalue weighted by Crippen LogP contribution is 2.32. The van der Waals surface area contributed by atoms with Gasteiger partial charge in [0.1, 0.15) is 6.61 Å². The predicted molar refractivity (Wildman–Crippen MR) is 76.8 cm³/mol. The Balaban J connectivity index is 2.44. The van der Waals surface area contributed by atoms with Crippen LogP contribution in [0.3, 0.4) is 0 Å². The fourth-order valence-corrected chi connectivity index (χ4v) is 2.49. The summed E-state index contributed by atoms with van der Waals surface area (Å²) >= 11 is 0. The summed E-state index contributed by atoms with van der Waals surface area (Å²) in [5.41, 5.74) is 0.145. The van der Waals surface area contributed by atoms with Crippen molar-refractivity contribution >= 4 is 17.6 Å². The number of hydrogen-bond donors (Lipinski definition) is 1. The van der Waals surface area contributed by atoms with Gasteiger partial charge in [-0.2, -0.15) is 0 Å². The highest BCUT2D eigenvalue weighted by molar-refractivity contribution is 5.83. The minimum Gasteiger partial charge on any atom is -0.479 e. The molecule has 1 aromatic carbocycles. The topological polar surface area (TPSA) is 119 Å². The zero-order valence-corrected chi connectivity index (χ0v) is 12.4. The fraction of sp³-hybridized carbons (Fsp3) is 0.429. The van der Waals surface area contributed by atoms with Gasteiger partial charge in [0.05, 0.1) is 17.6 Å². The van der Waals surface area contributed by atoms with Gasteiger partial charge >= 0.3 is 5.97 Å². The number of carboxylic acids is 1. The number of nitro benzene ring substituents is 1. The predicted octanol–water partition coefficient (Wildman–Crippen LogP) is 0.594. The van der Waals surface area contributed by atoms with Crippen molar-refractivity contribution in [3.05, 3.63) is 39.9 Å². The van der Waals surface area contributed by atoms with Crippen molar-refractivity contribution in [1.82, 2.24) is 4.90 Å². The summed E-state index contributed by atoms with van der Waals surface area (Å²) in [5.74, 6) is -1.63. The van der Waals surface area contributed by atoms with E-state index >= 15 is 0 Å². The van der Waals surface area contributed by atoms with Gasteiger partial charge in [-0.25, -0.2) is 4.79 Å². The molecule has 1 aliphatic rings. The molecule has 1 N–H and O–H groups in total. The molecule has 23 heavy (non-hydrogen) atoms. The fourth-order valence-electron chi connectivity index (χ4n) is 2.49. The summed E-state index contributed by atoms with van der Waals surface area (Å²) < 4.78 is 10.1. The number of rotatable bonds is 6. The van der Waals surface area contributed by atoms with Gasteiger partial charge in [0.25, 0.3) is 5.69 Å². The minimum atomic E-state index is -1.30. The number of nitro groups is 1. The van der Waals surface area contributed by atoms with E-state index in [1.165, 1.54) is 36.3 Å². The Bertz CT molecular complexity index is 619. The summed E-state index contributed by atoms with van der Waals surface area (Å²) in [4.78, 5) is 35.2. The Morgan fingerprint density at radius 2 is 2.30 bits per heavy atom. The van der Waals surface area contributed by atoms with Gasteiger partial charge in [-0.1, -0.05) is 12.1 Å². The lowest BCUT2D eigenvalue weighted by Gasteiger charge is -2.39. The van der Waals surface area contributed by atoms with Gasteiger partial charge in [-0.05, 0) is 5.56 Å². The molecule has 0 bridgehead atoms. The van der Waals surface area contributed by atoms with E-state index in [2.05, 4.69) is 0 Å². The zero-order valence-electron chi connectivity index (χ0n) is 12.4. The third-order valence-corrected chi connectivity index (χ3v) is 3.53. The second kappa shape index (κ2) is 7.16. The van der Waals surface area contributed by atoms with Crippen LogP contribution in [0.1, 0.15) is 11.6 Å². The zero-order chi connectivity index (χ0) is 17.0. The molecular weight excluding hydrogens is 308 g/mol. The number of morpholine rings is 1. The third kappa shape index (κ3) is 3.63. The van der Waals surface area contributed by atoms with Crippen LogP contribution in [0, 0.1) is 10.1 Å². The van der Waals surface area contributed by atoms with Crippen molar-refractivity contribution in [2.24, 2.45) is 0 Å². The lowest BCUT2D eigenvalue weighted by atomic mass is 9.97. The quantitative estimate of drug-likeness (QED) is 0.601. The molecule has 0 aliphatic carbocycles. The third-order valence-electron chi connectivity index (χ3n) is 3.53. The average molecular weight is 324 g/mol. The van der Waals surface area contributed by atoms with Gasteiger partial charge in [-0.3, -0.25) is 14.9 Å². The summed E-state index contributed by atoms with van der Waals surface area (Å²) in [7, 11) is 1.46. The number of carbonyl (C=O) groups is 2. The van der Waals surface area contributed by atoms with E-state index in [0.717, 1.165) is 0 Å². The molecule has 0 radical (unpaired) electrons. The highest BCUT2D eigenvalue weighted by atomic mass is 16.6. The molecule has 2 rings (SSSR count). The number of benzene rings is 1. The van der Waals surface area contributed by atoms with E-state index in [4.69, 9.17) is 9.47 Å². The van der Waals surface area contributed by atoms with Crippen molar-refractivity contribution in [3.63, 3.8) is 0 Å². The highest BCUT2D eigenvalue weighted by Gasteiger charge is 2.42. The number of ether oxygens (including phenoxy) is 2. The second-order valence-electron chi connectivity index (χ2n) is 4.95. The van der Waals surface area contributed by atoms with Gasteiger partial charge in [0, 0.05) is 25.8 Å². The normalized spacial score (nSPS) is 21.3. The molecule has 1 aliphatic heterocycles. The first-order valence-electron chi connectivity index (χ1n) is 6.83. The molecule has 1 saturated heterocycles. The number of amides is 1. The average Bonchev–Trinajstić information content (AvgIpc) is 2.53. The Morgan fingerprint density at radius 1 is 1.57 bits per heavy atom. The van der Waals surface area contributed by atoms with Gasteiger partial charge in [-0.15, -0.1) is 0 Å². The van der Waals surface area contributed by atoms with Crippen LogP contribution in [0.5, 0.6) is 0 Å². The molecule has 1 aromatic rings. The number of hydrogen-bond acceptors (Lipinski definition) is 6. The van der Waals surface area contributed by atoms with Crippen LogP contribution in [-0.2, 0) is 19.1 Å². The van der Waals surface area contributed by atoms with Gasteiger partial charge < -0.3 is 19.5 Å².